The van der Waals surface area contributed by atoms with Crippen LogP contribution >= 0.6 is 11.6 Å². The van der Waals surface area contributed by atoms with Crippen molar-refractivity contribution >= 4 is 45.7 Å². The zero-order valence-electron chi connectivity index (χ0n) is 16.9. The van der Waals surface area contributed by atoms with Gasteiger partial charge >= 0.3 is 0 Å². The monoisotopic (exact) mass is 435 g/mol. The predicted molar refractivity (Wildman–Crippen MR) is 121 cm³/mol. The fraction of sp³-hybridized carbons (Fsp3) is 0.130. The Hall–Kier alpha value is -3.58. The highest BCUT2D eigenvalue weighted by Gasteiger charge is 2.13. The van der Waals surface area contributed by atoms with Crippen LogP contribution < -0.4 is 10.6 Å². The molecule has 0 unspecified atom stereocenters. The molecule has 2 N–H and O–H groups in total. The fourth-order valence-corrected chi connectivity index (χ4v) is 3.17. The molecule has 1 aromatic carbocycles. The highest BCUT2D eigenvalue weighted by atomic mass is 35.5. The number of pyridine rings is 3. The molecule has 6 nitrogen and oxygen atoms in total. The minimum Gasteiger partial charge on any atom is -0.355 e. The van der Waals surface area contributed by atoms with E-state index in [1.165, 1.54) is 18.2 Å². The molecule has 1 amide bonds. The Morgan fingerprint density at radius 3 is 2.71 bits per heavy atom. The lowest BCUT2D eigenvalue weighted by atomic mass is 10.1. The van der Waals surface area contributed by atoms with Gasteiger partial charge in [0.05, 0.1) is 11.4 Å². The van der Waals surface area contributed by atoms with Crippen molar-refractivity contribution in [3.8, 4) is 11.3 Å². The molecule has 0 bridgehead atoms. The van der Waals surface area contributed by atoms with Crippen LogP contribution in [-0.4, -0.2) is 20.9 Å². The van der Waals surface area contributed by atoms with Gasteiger partial charge in [-0.1, -0.05) is 25.4 Å². The maximum atomic E-state index is 14.5. The Morgan fingerprint density at radius 1 is 1.06 bits per heavy atom. The van der Waals surface area contributed by atoms with Gasteiger partial charge < -0.3 is 10.6 Å². The van der Waals surface area contributed by atoms with Gasteiger partial charge in [0.2, 0.25) is 5.91 Å². The van der Waals surface area contributed by atoms with Gasteiger partial charge in [-0.15, -0.1) is 0 Å². The summed E-state index contributed by atoms with van der Waals surface area (Å²) in [7, 11) is 0. The molecule has 0 fully saturated rings. The van der Waals surface area contributed by atoms with E-state index >= 15 is 0 Å². The van der Waals surface area contributed by atoms with Gasteiger partial charge in [0.25, 0.3) is 0 Å². The van der Waals surface area contributed by atoms with Crippen LogP contribution in [0.5, 0.6) is 0 Å². The molecule has 3 aromatic heterocycles. The molecule has 156 valence electrons. The molecule has 0 aliphatic heterocycles. The highest BCUT2D eigenvalue weighted by Crippen LogP contribution is 2.32. The van der Waals surface area contributed by atoms with Crippen LogP contribution in [0.4, 0.5) is 21.6 Å². The third-order valence-electron chi connectivity index (χ3n) is 4.60. The van der Waals surface area contributed by atoms with Crippen LogP contribution in [0.1, 0.15) is 13.8 Å². The third-order valence-corrected chi connectivity index (χ3v) is 4.84. The molecule has 4 aromatic rings. The van der Waals surface area contributed by atoms with Crippen molar-refractivity contribution in [2.24, 2.45) is 5.92 Å². The molecule has 31 heavy (non-hydrogen) atoms. The van der Waals surface area contributed by atoms with Crippen LogP contribution in [0, 0.1) is 11.7 Å². The first-order valence-corrected chi connectivity index (χ1v) is 10.0. The van der Waals surface area contributed by atoms with Gasteiger partial charge in [-0.2, -0.15) is 0 Å². The molecule has 4 rings (SSSR count). The Morgan fingerprint density at radius 2 is 1.90 bits per heavy atom. The summed E-state index contributed by atoms with van der Waals surface area (Å²) >= 11 is 6.07. The molecule has 8 heteroatoms. The number of halogens is 2. The fourth-order valence-electron chi connectivity index (χ4n) is 3.00. The minimum absolute atomic E-state index is 0.123. The summed E-state index contributed by atoms with van der Waals surface area (Å²) < 4.78 is 14.5. The molecule has 0 spiro atoms. The number of aromatic nitrogens is 3. The van der Waals surface area contributed by atoms with Gasteiger partial charge in [0, 0.05) is 46.0 Å². The third kappa shape index (κ3) is 4.62. The highest BCUT2D eigenvalue weighted by molar-refractivity contribution is 6.30. The van der Waals surface area contributed by atoms with Gasteiger partial charge in [-0.25, -0.2) is 19.3 Å². The summed E-state index contributed by atoms with van der Waals surface area (Å²) in [5, 5.41) is 7.26. The van der Waals surface area contributed by atoms with E-state index in [2.05, 4.69) is 25.6 Å². The van der Waals surface area contributed by atoms with E-state index in [1.54, 1.807) is 36.7 Å². The number of carbonyl (C=O) groups excluding carboxylic acids is 1. The molecular weight excluding hydrogens is 417 g/mol. The number of anilines is 3. The molecule has 0 atom stereocenters. The van der Waals surface area contributed by atoms with E-state index in [4.69, 9.17) is 11.6 Å². The van der Waals surface area contributed by atoms with Crippen molar-refractivity contribution in [2.45, 2.75) is 13.8 Å². The number of nitrogens with zero attached hydrogens (tertiary/aromatic N) is 3. The Kier molecular flexibility index (Phi) is 5.77. The number of rotatable bonds is 5. The summed E-state index contributed by atoms with van der Waals surface area (Å²) in [5.41, 5.74) is 2.52. The first-order valence-electron chi connectivity index (χ1n) is 9.66. The number of fused-ring (bicyclic) bond motifs is 1. The normalized spacial score (nSPS) is 11.0. The lowest BCUT2D eigenvalue weighted by molar-refractivity contribution is -0.118. The lowest BCUT2D eigenvalue weighted by Gasteiger charge is -2.13. The van der Waals surface area contributed by atoms with E-state index in [1.807, 2.05) is 19.9 Å². The van der Waals surface area contributed by atoms with Gasteiger partial charge in [0.1, 0.15) is 11.6 Å². The largest absolute Gasteiger partial charge is 0.355 e. The second-order valence-corrected chi connectivity index (χ2v) is 7.69. The SMILES string of the molecule is CC(C)C(=O)Nc1cc(Nc2cc(-c3cc(Cl)ccc3F)nc3ncccc23)ccn1. The maximum absolute atomic E-state index is 14.5. The van der Waals surface area contributed by atoms with E-state index in [0.717, 1.165) is 5.39 Å². The zero-order valence-corrected chi connectivity index (χ0v) is 17.6. The van der Waals surface area contributed by atoms with Crippen LogP contribution in [-0.2, 0) is 4.79 Å². The summed E-state index contributed by atoms with van der Waals surface area (Å²) in [4.78, 5) is 25.0. The number of nitrogens with one attached hydrogen (secondary N) is 2. The predicted octanol–water partition coefficient (Wildman–Crippen LogP) is 5.82. The molecular formula is C23H19ClFN5O. The molecule has 0 saturated heterocycles. The standard InChI is InChI=1S/C23H19ClFN5O/c1-13(2)23(31)30-21-11-15(7-9-26-21)28-19-12-20(17-10-14(24)5-6-18(17)25)29-22-16(19)4-3-8-27-22/h3-13H,1-2H3,(H2,26,27,28,29,30,31). The van der Waals surface area contributed by atoms with Gasteiger partial charge in [-0.3, -0.25) is 4.79 Å². The van der Waals surface area contributed by atoms with Crippen molar-refractivity contribution in [1.29, 1.82) is 0 Å². The van der Waals surface area contributed by atoms with Crippen molar-refractivity contribution in [1.82, 2.24) is 15.0 Å². The topological polar surface area (TPSA) is 79.8 Å². The minimum atomic E-state index is -0.430. The Bertz CT molecular complexity index is 1280. The first kappa shape index (κ1) is 20.7. The van der Waals surface area contributed by atoms with Crippen molar-refractivity contribution in [2.75, 3.05) is 10.6 Å². The molecule has 0 aliphatic rings. The quantitative estimate of drug-likeness (QED) is 0.412. The molecule has 0 radical (unpaired) electrons. The Balaban J connectivity index is 1.76. The number of amides is 1. The Labute approximate surface area is 183 Å². The average molecular weight is 436 g/mol. The van der Waals surface area contributed by atoms with E-state index in [9.17, 15) is 9.18 Å². The van der Waals surface area contributed by atoms with E-state index < -0.39 is 5.82 Å². The molecule has 3 heterocycles. The summed E-state index contributed by atoms with van der Waals surface area (Å²) in [6.07, 6.45) is 3.22. The van der Waals surface area contributed by atoms with Crippen LogP contribution in [0.15, 0.2) is 60.9 Å². The van der Waals surface area contributed by atoms with Crippen LogP contribution in [0.3, 0.4) is 0 Å². The van der Waals surface area contributed by atoms with Gasteiger partial charge in [0.15, 0.2) is 5.65 Å². The molecule has 0 aliphatic carbocycles. The van der Waals surface area contributed by atoms with E-state index in [-0.39, 0.29) is 17.4 Å². The summed E-state index contributed by atoms with van der Waals surface area (Å²) in [5.74, 6) is -0.285. The van der Waals surface area contributed by atoms with Crippen molar-refractivity contribution < 1.29 is 9.18 Å². The van der Waals surface area contributed by atoms with Crippen LogP contribution in [0.25, 0.3) is 22.3 Å². The smallest absolute Gasteiger partial charge is 0.228 e. The number of hydrogen-bond donors (Lipinski definition) is 2. The number of hydrogen-bond acceptors (Lipinski definition) is 5. The number of benzene rings is 1. The average Bonchev–Trinajstić information content (AvgIpc) is 2.75. The second kappa shape index (κ2) is 8.65. The maximum Gasteiger partial charge on any atom is 0.228 e. The van der Waals surface area contributed by atoms with E-state index in [0.29, 0.717) is 33.6 Å². The molecule has 0 saturated carbocycles. The van der Waals surface area contributed by atoms with Crippen molar-refractivity contribution in [3.63, 3.8) is 0 Å². The van der Waals surface area contributed by atoms with Crippen LogP contribution in [0.2, 0.25) is 5.02 Å². The summed E-state index contributed by atoms with van der Waals surface area (Å²) in [6.45, 7) is 3.62. The zero-order chi connectivity index (χ0) is 22.0. The summed E-state index contributed by atoms with van der Waals surface area (Å²) in [6, 6.07) is 13.2. The number of carbonyl (C=O) groups is 1. The first-order chi connectivity index (χ1) is 14.9. The second-order valence-electron chi connectivity index (χ2n) is 7.25. The van der Waals surface area contributed by atoms with Gasteiger partial charge in [-0.05, 0) is 42.5 Å². The lowest BCUT2D eigenvalue weighted by Crippen LogP contribution is -2.18. The van der Waals surface area contributed by atoms with Crippen molar-refractivity contribution in [3.05, 3.63) is 71.8 Å².